The van der Waals surface area contributed by atoms with Gasteiger partial charge in [-0.3, -0.25) is 9.48 Å². The monoisotopic (exact) mass is 258 g/mol. The van der Waals surface area contributed by atoms with E-state index in [1.807, 2.05) is 42.9 Å². The molecule has 0 saturated heterocycles. The average molecular weight is 258 g/mol. The fraction of sp³-hybridized carbons (Fsp3) is 0.500. The minimum atomic E-state index is 0.140. The van der Waals surface area contributed by atoms with Crippen LogP contribution in [0.5, 0.6) is 0 Å². The zero-order valence-corrected chi connectivity index (χ0v) is 12.0. The van der Waals surface area contributed by atoms with Crippen molar-refractivity contribution in [3.05, 3.63) is 30.0 Å². The van der Waals surface area contributed by atoms with Gasteiger partial charge in [0.15, 0.2) is 0 Å². The van der Waals surface area contributed by atoms with Gasteiger partial charge in [-0.2, -0.15) is 5.10 Å². The lowest BCUT2D eigenvalue weighted by Crippen LogP contribution is -2.14. The lowest BCUT2D eigenvalue weighted by molar-refractivity contribution is -0.121. The van der Waals surface area contributed by atoms with Crippen LogP contribution in [-0.4, -0.2) is 15.6 Å². The Morgan fingerprint density at radius 3 is 2.84 bits per heavy atom. The van der Waals surface area contributed by atoms with Gasteiger partial charge in [-0.25, -0.2) is 0 Å². The summed E-state index contributed by atoms with van der Waals surface area (Å²) in [7, 11) is 1.93. The quantitative estimate of drug-likeness (QED) is 0.794. The first-order chi connectivity index (χ1) is 9.13. The molecule has 1 heterocycles. The van der Waals surface area contributed by atoms with Gasteiger partial charge in [0.2, 0.25) is 0 Å². The Labute approximate surface area is 114 Å². The molecular formula is C16H22N2O. The fourth-order valence-electron chi connectivity index (χ4n) is 2.43. The summed E-state index contributed by atoms with van der Waals surface area (Å²) in [5, 5.41) is 5.59. The highest BCUT2D eigenvalue weighted by Gasteiger charge is 2.16. The number of ketones is 1. The number of hydrogen-bond donors (Lipinski definition) is 0. The van der Waals surface area contributed by atoms with E-state index in [0.29, 0.717) is 12.2 Å². The molecule has 2 rings (SSSR count). The second kappa shape index (κ2) is 6.00. The van der Waals surface area contributed by atoms with Crippen molar-refractivity contribution in [1.29, 1.82) is 0 Å². The van der Waals surface area contributed by atoms with E-state index in [1.54, 1.807) is 0 Å². The summed E-state index contributed by atoms with van der Waals surface area (Å²) in [6.45, 7) is 4.19. The number of carbonyl (C=O) groups is 1. The molecule has 1 aromatic heterocycles. The number of hydrogen-bond acceptors (Lipinski definition) is 2. The highest BCUT2D eigenvalue weighted by atomic mass is 16.1. The third kappa shape index (κ3) is 3.03. The summed E-state index contributed by atoms with van der Waals surface area (Å²) in [5.41, 5.74) is 2.00. The summed E-state index contributed by atoms with van der Waals surface area (Å²) in [4.78, 5) is 12.2. The van der Waals surface area contributed by atoms with Gasteiger partial charge < -0.3 is 0 Å². The molecular weight excluding hydrogens is 236 g/mol. The van der Waals surface area contributed by atoms with E-state index in [0.717, 1.165) is 35.9 Å². The van der Waals surface area contributed by atoms with Gasteiger partial charge in [-0.15, -0.1) is 0 Å². The van der Waals surface area contributed by atoms with Crippen LogP contribution in [0.25, 0.3) is 10.9 Å². The molecule has 0 aliphatic rings. The summed E-state index contributed by atoms with van der Waals surface area (Å²) >= 11 is 0. The molecule has 1 unspecified atom stereocenters. The zero-order chi connectivity index (χ0) is 13.8. The van der Waals surface area contributed by atoms with E-state index in [9.17, 15) is 4.79 Å². The molecule has 1 atom stereocenters. The molecule has 2 aromatic rings. The maximum absolute atomic E-state index is 12.2. The lowest BCUT2D eigenvalue weighted by Gasteiger charge is -2.08. The van der Waals surface area contributed by atoms with Crippen LogP contribution in [0, 0.1) is 5.92 Å². The van der Waals surface area contributed by atoms with Gasteiger partial charge in [0.05, 0.1) is 17.6 Å². The van der Waals surface area contributed by atoms with Gasteiger partial charge in [-0.1, -0.05) is 44.9 Å². The summed E-state index contributed by atoms with van der Waals surface area (Å²) < 4.78 is 1.86. The van der Waals surface area contributed by atoms with E-state index >= 15 is 0 Å². The van der Waals surface area contributed by atoms with E-state index in [2.05, 4.69) is 12.0 Å². The lowest BCUT2D eigenvalue weighted by atomic mass is 9.96. The Morgan fingerprint density at radius 2 is 2.11 bits per heavy atom. The zero-order valence-electron chi connectivity index (χ0n) is 12.0. The molecule has 0 aliphatic heterocycles. The minimum absolute atomic E-state index is 0.140. The maximum Gasteiger partial charge on any atom is 0.141 e. The van der Waals surface area contributed by atoms with Crippen molar-refractivity contribution in [3.63, 3.8) is 0 Å². The maximum atomic E-state index is 12.2. The van der Waals surface area contributed by atoms with Crippen LogP contribution in [0.2, 0.25) is 0 Å². The molecule has 0 N–H and O–H groups in total. The number of fused-ring (bicyclic) bond motifs is 1. The molecule has 1 aromatic carbocycles. The normalized spacial score (nSPS) is 12.8. The number of para-hydroxylation sites is 1. The second-order valence-electron chi connectivity index (χ2n) is 5.27. The van der Waals surface area contributed by atoms with Gasteiger partial charge in [-0.05, 0) is 12.5 Å². The number of aryl methyl sites for hydroxylation is 1. The number of unbranched alkanes of at least 4 members (excludes halogenated alkanes) is 1. The molecule has 0 radical (unpaired) electrons. The Kier molecular flexibility index (Phi) is 4.35. The molecule has 3 nitrogen and oxygen atoms in total. The van der Waals surface area contributed by atoms with Crippen molar-refractivity contribution < 1.29 is 4.79 Å². The van der Waals surface area contributed by atoms with Crippen LogP contribution in [0.1, 0.15) is 38.8 Å². The molecule has 0 bridgehead atoms. The first-order valence-electron chi connectivity index (χ1n) is 7.06. The molecule has 19 heavy (non-hydrogen) atoms. The molecule has 0 spiro atoms. The SMILES string of the molecule is CCCCC(C)C(=O)Cc1nn(C)c2ccccc12. The van der Waals surface area contributed by atoms with Crippen molar-refractivity contribution in [2.45, 2.75) is 39.5 Å². The summed E-state index contributed by atoms with van der Waals surface area (Å²) in [6, 6.07) is 8.08. The molecule has 0 aliphatic carbocycles. The molecule has 3 heteroatoms. The van der Waals surface area contributed by atoms with Gasteiger partial charge >= 0.3 is 0 Å². The first-order valence-corrected chi connectivity index (χ1v) is 7.06. The van der Waals surface area contributed by atoms with Crippen LogP contribution in [0.4, 0.5) is 0 Å². The summed E-state index contributed by atoms with van der Waals surface area (Å²) in [5.74, 6) is 0.443. The van der Waals surface area contributed by atoms with Crippen molar-refractivity contribution in [2.75, 3.05) is 0 Å². The molecule has 102 valence electrons. The number of rotatable bonds is 6. The third-order valence-corrected chi connectivity index (χ3v) is 3.72. The number of benzene rings is 1. The largest absolute Gasteiger partial charge is 0.299 e. The topological polar surface area (TPSA) is 34.9 Å². The predicted molar refractivity (Wildman–Crippen MR) is 78.1 cm³/mol. The van der Waals surface area contributed by atoms with Crippen molar-refractivity contribution in [2.24, 2.45) is 13.0 Å². The first kappa shape index (κ1) is 13.8. The van der Waals surface area contributed by atoms with E-state index in [1.165, 1.54) is 0 Å². The highest BCUT2D eigenvalue weighted by molar-refractivity contribution is 5.89. The van der Waals surface area contributed by atoms with E-state index < -0.39 is 0 Å². The van der Waals surface area contributed by atoms with E-state index in [4.69, 9.17) is 0 Å². The number of Topliss-reactive ketones (excluding diaryl/α,β-unsaturated/α-hetero) is 1. The Morgan fingerprint density at radius 1 is 1.37 bits per heavy atom. The third-order valence-electron chi connectivity index (χ3n) is 3.72. The predicted octanol–water partition coefficient (Wildman–Crippen LogP) is 3.51. The van der Waals surface area contributed by atoms with Gasteiger partial charge in [0.25, 0.3) is 0 Å². The number of carbonyl (C=O) groups excluding carboxylic acids is 1. The Hall–Kier alpha value is -1.64. The van der Waals surface area contributed by atoms with Crippen LogP contribution < -0.4 is 0 Å². The summed E-state index contributed by atoms with van der Waals surface area (Å²) in [6.07, 6.45) is 3.70. The molecule has 0 saturated carbocycles. The van der Waals surface area contributed by atoms with Crippen molar-refractivity contribution in [1.82, 2.24) is 9.78 Å². The van der Waals surface area contributed by atoms with Gasteiger partial charge in [0, 0.05) is 18.4 Å². The van der Waals surface area contributed by atoms with E-state index in [-0.39, 0.29) is 5.92 Å². The smallest absolute Gasteiger partial charge is 0.141 e. The van der Waals surface area contributed by atoms with Crippen LogP contribution in [0.15, 0.2) is 24.3 Å². The Balaban J connectivity index is 2.15. The highest BCUT2D eigenvalue weighted by Crippen LogP contribution is 2.20. The molecule has 0 amide bonds. The van der Waals surface area contributed by atoms with Crippen LogP contribution >= 0.6 is 0 Å². The van der Waals surface area contributed by atoms with Crippen LogP contribution in [0.3, 0.4) is 0 Å². The van der Waals surface area contributed by atoms with Crippen LogP contribution in [-0.2, 0) is 18.3 Å². The van der Waals surface area contributed by atoms with Gasteiger partial charge in [0.1, 0.15) is 5.78 Å². The second-order valence-corrected chi connectivity index (χ2v) is 5.27. The number of nitrogens with zero attached hydrogens (tertiary/aromatic N) is 2. The minimum Gasteiger partial charge on any atom is -0.299 e. The molecule has 0 fully saturated rings. The van der Waals surface area contributed by atoms with Crippen molar-refractivity contribution in [3.8, 4) is 0 Å². The number of aromatic nitrogens is 2. The Bertz CT molecular complexity index is 571. The van der Waals surface area contributed by atoms with Crippen molar-refractivity contribution >= 4 is 16.7 Å². The average Bonchev–Trinajstić information content (AvgIpc) is 2.73. The standard InChI is InChI=1S/C16H22N2O/c1-4-5-8-12(2)16(19)11-14-13-9-6-7-10-15(13)18(3)17-14/h6-7,9-10,12H,4-5,8,11H2,1-3H3. The fourth-order valence-corrected chi connectivity index (χ4v) is 2.43.